The van der Waals surface area contributed by atoms with Crippen LogP contribution in [0.25, 0.3) is 11.1 Å². The van der Waals surface area contributed by atoms with Gasteiger partial charge in [-0.3, -0.25) is 4.79 Å². The Balaban J connectivity index is 2.19. The van der Waals surface area contributed by atoms with E-state index in [1.54, 1.807) is 0 Å². The first-order valence-corrected chi connectivity index (χ1v) is 9.03. The number of carbonyl (C=O) groups excluding carboxylic acids is 1. The van der Waals surface area contributed by atoms with Crippen LogP contribution in [0.3, 0.4) is 0 Å². The molecule has 0 aromatic heterocycles. The van der Waals surface area contributed by atoms with E-state index < -0.39 is 0 Å². The minimum absolute atomic E-state index is 0.102. The average molecular weight is 338 g/mol. The Morgan fingerprint density at radius 2 is 1.36 bits per heavy atom. The number of rotatable bonds is 5. The highest BCUT2D eigenvalue weighted by molar-refractivity contribution is 5.89. The van der Waals surface area contributed by atoms with Crippen molar-refractivity contribution in [2.45, 2.75) is 59.5 Å². The van der Waals surface area contributed by atoms with Crippen LogP contribution in [0.4, 0.5) is 0 Å². The summed E-state index contributed by atoms with van der Waals surface area (Å²) in [5, 5.41) is 3.51. The van der Waals surface area contributed by atoms with E-state index in [-0.39, 0.29) is 22.8 Å². The van der Waals surface area contributed by atoms with Gasteiger partial charge in [-0.25, -0.2) is 0 Å². The molecule has 2 aromatic rings. The number of Topliss-reactive ketones (excluding diaryl/α,β-unsaturated/α-hetero) is 1. The van der Waals surface area contributed by atoms with Gasteiger partial charge in [0.2, 0.25) is 0 Å². The van der Waals surface area contributed by atoms with E-state index in [4.69, 9.17) is 0 Å². The molecular formula is C23H31NO. The molecule has 2 rings (SSSR count). The Labute approximate surface area is 152 Å². The van der Waals surface area contributed by atoms with Crippen LogP contribution < -0.4 is 5.32 Å². The second-order valence-corrected chi connectivity index (χ2v) is 8.83. The van der Waals surface area contributed by atoms with Crippen molar-refractivity contribution in [2.24, 2.45) is 5.41 Å². The molecule has 0 spiro atoms. The molecular weight excluding hydrogens is 306 g/mol. The molecule has 0 saturated carbocycles. The van der Waals surface area contributed by atoms with Gasteiger partial charge >= 0.3 is 0 Å². The molecule has 2 nitrogen and oxygen atoms in total. The lowest BCUT2D eigenvalue weighted by atomic mass is 9.83. The molecule has 0 bridgehead atoms. The first-order valence-electron chi connectivity index (χ1n) is 9.03. The third-order valence-corrected chi connectivity index (χ3v) is 4.16. The summed E-state index contributed by atoms with van der Waals surface area (Å²) in [5.41, 5.74) is 3.14. The lowest BCUT2D eigenvalue weighted by Crippen LogP contribution is -2.51. The Morgan fingerprint density at radius 3 is 1.84 bits per heavy atom. The van der Waals surface area contributed by atoms with Crippen molar-refractivity contribution in [2.75, 3.05) is 0 Å². The first-order chi connectivity index (χ1) is 11.6. The maximum atomic E-state index is 12.9. The van der Waals surface area contributed by atoms with E-state index in [1.165, 1.54) is 16.7 Å². The fourth-order valence-electron chi connectivity index (χ4n) is 2.95. The van der Waals surface area contributed by atoms with Crippen LogP contribution in [-0.2, 0) is 11.2 Å². The molecule has 134 valence electrons. The van der Waals surface area contributed by atoms with Crippen molar-refractivity contribution in [3.8, 4) is 11.1 Å². The van der Waals surface area contributed by atoms with Crippen LogP contribution in [0, 0.1) is 5.41 Å². The zero-order valence-electron chi connectivity index (χ0n) is 16.4. The third-order valence-electron chi connectivity index (χ3n) is 4.16. The largest absolute Gasteiger partial charge is 0.302 e. The van der Waals surface area contributed by atoms with Crippen LogP contribution in [0.2, 0.25) is 0 Å². The monoisotopic (exact) mass is 337 g/mol. The van der Waals surface area contributed by atoms with E-state index in [1.807, 2.05) is 26.8 Å². The molecule has 0 radical (unpaired) electrons. The highest BCUT2D eigenvalue weighted by atomic mass is 16.1. The number of benzene rings is 2. The highest BCUT2D eigenvalue weighted by Crippen LogP contribution is 2.23. The second kappa shape index (κ2) is 7.53. The molecule has 0 aliphatic heterocycles. The Bertz CT molecular complexity index is 688. The number of hydrogen-bond donors (Lipinski definition) is 1. The van der Waals surface area contributed by atoms with Crippen molar-refractivity contribution < 1.29 is 4.79 Å². The molecule has 25 heavy (non-hydrogen) atoms. The first kappa shape index (κ1) is 19.4. The summed E-state index contributed by atoms with van der Waals surface area (Å²) < 4.78 is 0. The van der Waals surface area contributed by atoms with Gasteiger partial charge in [-0.2, -0.15) is 0 Å². The number of nitrogens with one attached hydrogen (secondary N) is 1. The van der Waals surface area contributed by atoms with E-state index in [2.05, 4.69) is 74.6 Å². The summed E-state index contributed by atoms with van der Waals surface area (Å²) in [7, 11) is 0. The van der Waals surface area contributed by atoms with Gasteiger partial charge in [-0.15, -0.1) is 0 Å². The molecule has 0 heterocycles. The maximum Gasteiger partial charge on any atom is 0.155 e. The molecule has 0 fully saturated rings. The van der Waals surface area contributed by atoms with Gasteiger partial charge in [-0.05, 0) is 43.9 Å². The van der Waals surface area contributed by atoms with Crippen molar-refractivity contribution in [3.05, 3.63) is 60.2 Å². The van der Waals surface area contributed by atoms with E-state index >= 15 is 0 Å². The fourth-order valence-corrected chi connectivity index (χ4v) is 2.95. The van der Waals surface area contributed by atoms with Crippen LogP contribution in [0.5, 0.6) is 0 Å². The van der Waals surface area contributed by atoms with Crippen LogP contribution in [-0.4, -0.2) is 17.4 Å². The molecule has 1 N–H and O–H groups in total. The van der Waals surface area contributed by atoms with Crippen LogP contribution in [0.15, 0.2) is 54.6 Å². The number of carbonyl (C=O) groups is 1. The zero-order valence-corrected chi connectivity index (χ0v) is 16.4. The summed E-state index contributed by atoms with van der Waals surface area (Å²) in [6, 6.07) is 18.7. The van der Waals surface area contributed by atoms with Gasteiger partial charge in [0.15, 0.2) is 5.78 Å². The Kier molecular flexibility index (Phi) is 5.84. The smallest absolute Gasteiger partial charge is 0.155 e. The van der Waals surface area contributed by atoms with E-state index in [0.717, 1.165) is 0 Å². The molecule has 2 aromatic carbocycles. The summed E-state index contributed by atoms with van der Waals surface area (Å²) in [5.74, 6) is 0.259. The quantitative estimate of drug-likeness (QED) is 0.805. The minimum Gasteiger partial charge on any atom is -0.302 e. The van der Waals surface area contributed by atoms with E-state index in [0.29, 0.717) is 6.42 Å². The standard InChI is InChI=1S/C23H31NO/c1-22(2,3)21(25)20(24-23(4,5)6)16-17-12-14-19(15-13-17)18-10-8-7-9-11-18/h7-15,20,24H,16H2,1-6H3/t20-/m1/s1. The predicted molar refractivity (Wildman–Crippen MR) is 107 cm³/mol. The predicted octanol–water partition coefficient (Wildman–Crippen LogP) is 5.27. The number of hydrogen-bond acceptors (Lipinski definition) is 2. The third kappa shape index (κ3) is 5.82. The molecule has 0 amide bonds. The van der Waals surface area contributed by atoms with Crippen molar-refractivity contribution >= 4 is 5.78 Å². The molecule has 2 heteroatoms. The second-order valence-electron chi connectivity index (χ2n) is 8.83. The lowest BCUT2D eigenvalue weighted by Gasteiger charge is -2.32. The normalized spacial score (nSPS) is 13.5. The van der Waals surface area contributed by atoms with Gasteiger partial charge in [0.05, 0.1) is 6.04 Å². The van der Waals surface area contributed by atoms with Crippen molar-refractivity contribution in [1.82, 2.24) is 5.32 Å². The summed E-state index contributed by atoms with van der Waals surface area (Å²) >= 11 is 0. The molecule has 0 aliphatic rings. The zero-order chi connectivity index (χ0) is 18.7. The van der Waals surface area contributed by atoms with Gasteiger partial charge in [0.1, 0.15) is 0 Å². The summed E-state index contributed by atoms with van der Waals surface area (Å²) in [6.45, 7) is 12.3. The minimum atomic E-state index is -0.354. The number of ketones is 1. The molecule has 1 atom stereocenters. The van der Waals surface area contributed by atoms with Crippen LogP contribution in [0.1, 0.15) is 47.1 Å². The van der Waals surface area contributed by atoms with Gasteiger partial charge < -0.3 is 5.32 Å². The molecule has 0 unspecified atom stereocenters. The Hall–Kier alpha value is -1.93. The summed E-state index contributed by atoms with van der Waals surface area (Å²) in [4.78, 5) is 12.9. The molecule has 0 saturated heterocycles. The molecule has 0 aliphatic carbocycles. The Morgan fingerprint density at radius 1 is 0.840 bits per heavy atom. The van der Waals surface area contributed by atoms with Gasteiger partial charge in [0.25, 0.3) is 0 Å². The van der Waals surface area contributed by atoms with Crippen molar-refractivity contribution in [3.63, 3.8) is 0 Å². The van der Waals surface area contributed by atoms with Gasteiger partial charge in [-0.1, -0.05) is 75.4 Å². The van der Waals surface area contributed by atoms with E-state index in [9.17, 15) is 4.79 Å². The van der Waals surface area contributed by atoms with Crippen LogP contribution >= 0.6 is 0 Å². The maximum absolute atomic E-state index is 12.9. The fraction of sp³-hybridized carbons (Fsp3) is 0.435. The highest BCUT2D eigenvalue weighted by Gasteiger charge is 2.31. The van der Waals surface area contributed by atoms with Gasteiger partial charge in [0, 0.05) is 11.0 Å². The summed E-state index contributed by atoms with van der Waals surface area (Å²) in [6.07, 6.45) is 0.711. The average Bonchev–Trinajstić information content (AvgIpc) is 2.53. The van der Waals surface area contributed by atoms with Crippen molar-refractivity contribution in [1.29, 1.82) is 0 Å². The lowest BCUT2D eigenvalue weighted by molar-refractivity contribution is -0.128. The topological polar surface area (TPSA) is 29.1 Å². The SMILES string of the molecule is CC(C)(C)N[C@H](Cc1ccc(-c2ccccc2)cc1)C(=O)C(C)(C)C.